The highest BCUT2D eigenvalue weighted by molar-refractivity contribution is 5.84. The molecular weight excluding hydrogens is 411 g/mol. The summed E-state index contributed by atoms with van der Waals surface area (Å²) in [5.74, 6) is -0.187. The van der Waals surface area contributed by atoms with Gasteiger partial charge in [0.1, 0.15) is 29.4 Å². The molecule has 2 heterocycles. The summed E-state index contributed by atoms with van der Waals surface area (Å²) in [5, 5.41) is 14.1. The van der Waals surface area contributed by atoms with E-state index in [4.69, 9.17) is 23.4 Å². The molecule has 4 rings (SSSR count). The van der Waals surface area contributed by atoms with Crippen molar-refractivity contribution in [1.82, 2.24) is 15.3 Å². The van der Waals surface area contributed by atoms with E-state index >= 15 is 0 Å². The van der Waals surface area contributed by atoms with Crippen molar-refractivity contribution in [3.63, 3.8) is 0 Å². The molecule has 0 aliphatic carbocycles. The Morgan fingerprint density at radius 1 is 1.13 bits per heavy atom. The van der Waals surface area contributed by atoms with Gasteiger partial charge in [0.15, 0.2) is 11.2 Å². The van der Waals surface area contributed by atoms with Crippen molar-refractivity contribution < 1.29 is 32.6 Å². The number of ether oxygens (including phenoxy) is 2. The summed E-state index contributed by atoms with van der Waals surface area (Å²) in [6.45, 7) is 0.0822. The topological polar surface area (TPSA) is 132 Å². The molecule has 0 atom stereocenters. The zero-order chi connectivity index (χ0) is 21.8. The number of benzene rings is 2. The van der Waals surface area contributed by atoms with E-state index in [0.29, 0.717) is 33.5 Å². The van der Waals surface area contributed by atoms with Gasteiger partial charge in [0.2, 0.25) is 5.91 Å². The minimum absolute atomic E-state index is 0.0601. The number of amides is 1. The number of aliphatic hydroxyl groups excluding tert-OH is 1. The molecule has 0 aliphatic rings. The van der Waals surface area contributed by atoms with Crippen molar-refractivity contribution >= 4 is 40.1 Å². The Morgan fingerprint density at radius 2 is 1.87 bits per heavy atom. The van der Waals surface area contributed by atoms with Gasteiger partial charge in [-0.2, -0.15) is 9.97 Å². The zero-order valence-corrected chi connectivity index (χ0v) is 16.5. The average Bonchev–Trinajstić information content (AvgIpc) is 3.32. The number of halogens is 1. The van der Waals surface area contributed by atoms with Crippen LogP contribution in [-0.4, -0.2) is 48.0 Å². The van der Waals surface area contributed by atoms with E-state index in [9.17, 15) is 9.18 Å². The SMILES string of the molecule is COc1cc2oc(Nc3nc4cc(F)ccc4o3)nc2cc1CC(=O)NCCOCO. The molecule has 2 aromatic carbocycles. The van der Waals surface area contributed by atoms with Gasteiger partial charge in [-0.15, -0.1) is 0 Å². The number of methoxy groups -OCH3 is 1. The largest absolute Gasteiger partial charge is 0.496 e. The van der Waals surface area contributed by atoms with Gasteiger partial charge < -0.3 is 28.7 Å². The first-order valence-electron chi connectivity index (χ1n) is 9.31. The van der Waals surface area contributed by atoms with Crippen molar-refractivity contribution in [2.75, 3.05) is 32.4 Å². The molecule has 11 heteroatoms. The van der Waals surface area contributed by atoms with E-state index in [2.05, 4.69) is 20.6 Å². The van der Waals surface area contributed by atoms with Crippen LogP contribution in [0, 0.1) is 5.82 Å². The first kappa shape index (κ1) is 20.6. The molecule has 0 saturated carbocycles. The molecule has 0 aliphatic heterocycles. The minimum Gasteiger partial charge on any atom is -0.496 e. The number of nitrogens with zero attached hydrogens (tertiary/aromatic N) is 2. The third kappa shape index (κ3) is 4.73. The van der Waals surface area contributed by atoms with Crippen LogP contribution in [0.4, 0.5) is 16.4 Å². The first-order valence-corrected chi connectivity index (χ1v) is 9.31. The normalized spacial score (nSPS) is 11.2. The standard InChI is InChI=1S/C20H19FN4O6/c1-28-16-9-17-13(6-11(16)7-18(27)22-4-5-29-10-26)23-20(31-17)25-19-24-14-8-12(21)2-3-15(14)30-19/h2-3,6,8-9,26H,4-5,7,10H2,1H3,(H,22,27)(H,23,24,25). The number of anilines is 2. The van der Waals surface area contributed by atoms with Crippen LogP contribution in [0.2, 0.25) is 0 Å². The molecule has 4 aromatic rings. The fraction of sp³-hybridized carbons (Fsp3) is 0.250. The molecule has 162 valence electrons. The Bertz CT molecular complexity index is 1220. The third-order valence-electron chi connectivity index (χ3n) is 4.36. The zero-order valence-electron chi connectivity index (χ0n) is 16.5. The molecule has 0 unspecified atom stereocenters. The van der Waals surface area contributed by atoms with Gasteiger partial charge in [-0.1, -0.05) is 0 Å². The molecule has 0 fully saturated rings. The van der Waals surface area contributed by atoms with E-state index in [-0.39, 0.29) is 37.5 Å². The summed E-state index contributed by atoms with van der Waals surface area (Å²) in [6.07, 6.45) is 0.0601. The van der Waals surface area contributed by atoms with Gasteiger partial charge in [-0.25, -0.2) is 4.39 Å². The fourth-order valence-corrected chi connectivity index (χ4v) is 2.99. The minimum atomic E-state index is -0.418. The van der Waals surface area contributed by atoms with Gasteiger partial charge in [-0.05, 0) is 18.2 Å². The molecule has 0 radical (unpaired) electrons. The van der Waals surface area contributed by atoms with Gasteiger partial charge in [0.25, 0.3) is 0 Å². The number of carbonyl (C=O) groups excluding carboxylic acids is 1. The molecule has 3 N–H and O–H groups in total. The summed E-state index contributed by atoms with van der Waals surface area (Å²) in [5.41, 5.74) is 2.32. The summed E-state index contributed by atoms with van der Waals surface area (Å²) in [6, 6.07) is 7.55. The van der Waals surface area contributed by atoms with Crippen LogP contribution in [0.3, 0.4) is 0 Å². The lowest BCUT2D eigenvalue weighted by molar-refractivity contribution is -0.120. The van der Waals surface area contributed by atoms with Crippen LogP contribution in [-0.2, 0) is 16.0 Å². The molecule has 0 saturated heterocycles. The van der Waals surface area contributed by atoms with E-state index < -0.39 is 12.6 Å². The molecule has 31 heavy (non-hydrogen) atoms. The lowest BCUT2D eigenvalue weighted by Gasteiger charge is -2.09. The van der Waals surface area contributed by atoms with E-state index in [1.165, 1.54) is 25.3 Å². The van der Waals surface area contributed by atoms with Crippen LogP contribution in [0.25, 0.3) is 22.2 Å². The number of carbonyl (C=O) groups is 1. The van der Waals surface area contributed by atoms with E-state index in [1.807, 2.05) is 0 Å². The van der Waals surface area contributed by atoms with Crippen LogP contribution in [0.15, 0.2) is 39.2 Å². The lowest BCUT2D eigenvalue weighted by Crippen LogP contribution is -2.28. The quantitative estimate of drug-likeness (QED) is 0.271. The van der Waals surface area contributed by atoms with Gasteiger partial charge >= 0.3 is 12.0 Å². The van der Waals surface area contributed by atoms with Crippen LogP contribution in [0.1, 0.15) is 5.56 Å². The predicted octanol–water partition coefficient (Wildman–Crippen LogP) is 2.49. The highest BCUT2D eigenvalue weighted by Gasteiger charge is 2.16. The molecule has 0 bridgehead atoms. The monoisotopic (exact) mass is 430 g/mol. The highest BCUT2D eigenvalue weighted by atomic mass is 19.1. The van der Waals surface area contributed by atoms with Crippen LogP contribution >= 0.6 is 0 Å². The number of hydrogen-bond acceptors (Lipinski definition) is 9. The first-order chi connectivity index (χ1) is 15.1. The van der Waals surface area contributed by atoms with E-state index in [0.717, 1.165) is 0 Å². The fourth-order valence-electron chi connectivity index (χ4n) is 2.99. The Kier molecular flexibility index (Phi) is 5.96. The average molecular weight is 430 g/mol. The maximum absolute atomic E-state index is 13.3. The Balaban J connectivity index is 1.52. The second-order valence-electron chi connectivity index (χ2n) is 6.47. The number of aliphatic hydroxyl groups is 1. The van der Waals surface area contributed by atoms with Crippen molar-refractivity contribution in [1.29, 1.82) is 0 Å². The maximum Gasteiger partial charge on any atom is 0.303 e. The second-order valence-corrected chi connectivity index (χ2v) is 6.47. The van der Waals surface area contributed by atoms with Gasteiger partial charge in [0, 0.05) is 24.2 Å². The van der Waals surface area contributed by atoms with Crippen LogP contribution in [0.5, 0.6) is 5.75 Å². The Morgan fingerprint density at radius 3 is 2.61 bits per heavy atom. The van der Waals surface area contributed by atoms with Crippen molar-refractivity contribution in [2.45, 2.75) is 6.42 Å². The smallest absolute Gasteiger partial charge is 0.303 e. The number of fused-ring (bicyclic) bond motifs is 2. The van der Waals surface area contributed by atoms with E-state index in [1.54, 1.807) is 12.1 Å². The highest BCUT2D eigenvalue weighted by Crippen LogP contribution is 2.30. The summed E-state index contributed by atoms with van der Waals surface area (Å²) in [4.78, 5) is 20.6. The Hall–Kier alpha value is -3.70. The lowest BCUT2D eigenvalue weighted by atomic mass is 10.1. The predicted molar refractivity (Wildman–Crippen MR) is 108 cm³/mol. The summed E-state index contributed by atoms with van der Waals surface area (Å²) < 4.78 is 34.6. The van der Waals surface area contributed by atoms with Gasteiger partial charge in [-0.3, -0.25) is 10.1 Å². The number of oxazole rings is 2. The molecule has 1 amide bonds. The Labute approximate surface area is 175 Å². The number of rotatable bonds is 9. The number of nitrogens with one attached hydrogen (secondary N) is 2. The van der Waals surface area contributed by atoms with Gasteiger partial charge in [0.05, 0.1) is 20.1 Å². The van der Waals surface area contributed by atoms with Crippen molar-refractivity contribution in [3.05, 3.63) is 41.7 Å². The van der Waals surface area contributed by atoms with Crippen LogP contribution < -0.4 is 15.4 Å². The molecule has 2 aromatic heterocycles. The molecular formula is C20H19FN4O6. The number of hydrogen-bond donors (Lipinski definition) is 3. The third-order valence-corrected chi connectivity index (χ3v) is 4.36. The van der Waals surface area contributed by atoms with Crippen molar-refractivity contribution in [3.8, 4) is 5.75 Å². The maximum atomic E-state index is 13.3. The summed E-state index contributed by atoms with van der Waals surface area (Å²) in [7, 11) is 1.49. The molecule has 10 nitrogen and oxygen atoms in total. The molecule has 0 spiro atoms. The number of aromatic nitrogens is 2. The second kappa shape index (κ2) is 8.98. The summed E-state index contributed by atoms with van der Waals surface area (Å²) >= 11 is 0. The van der Waals surface area contributed by atoms with Crippen molar-refractivity contribution in [2.24, 2.45) is 0 Å².